The summed E-state index contributed by atoms with van der Waals surface area (Å²) in [6, 6.07) is 6.92. The molecule has 0 unspecified atom stereocenters. The molecular weight excluding hydrogens is 218 g/mol. The summed E-state index contributed by atoms with van der Waals surface area (Å²) in [6.45, 7) is 0.228. The molecule has 4 nitrogen and oxygen atoms in total. The summed E-state index contributed by atoms with van der Waals surface area (Å²) in [5, 5.41) is 9.03. The normalized spacial score (nSPS) is 9.73. The van der Waals surface area contributed by atoms with Crippen LogP contribution in [0, 0.1) is 0 Å². The maximum absolute atomic E-state index is 11.0. The molecule has 0 radical (unpaired) electrons. The smallest absolute Gasteiger partial charge is 0.394 e. The molecule has 1 amide bonds. The van der Waals surface area contributed by atoms with Gasteiger partial charge in [0, 0.05) is 18.6 Å². The Hall–Kier alpha value is -1.55. The van der Waals surface area contributed by atoms with E-state index in [4.69, 9.17) is 16.7 Å². The molecule has 15 heavy (non-hydrogen) atoms. The van der Waals surface area contributed by atoms with Crippen molar-refractivity contribution in [2.24, 2.45) is 0 Å². The van der Waals surface area contributed by atoms with Gasteiger partial charge in [-0.1, -0.05) is 23.7 Å². The van der Waals surface area contributed by atoms with Crippen LogP contribution in [-0.2, 0) is 16.1 Å². The molecule has 0 atom stereocenters. The molecule has 1 aromatic carbocycles. The molecular formula is C10H10ClNO3. The van der Waals surface area contributed by atoms with Crippen LogP contribution in [0.25, 0.3) is 0 Å². The molecule has 0 spiro atoms. The van der Waals surface area contributed by atoms with Gasteiger partial charge in [-0.15, -0.1) is 0 Å². The van der Waals surface area contributed by atoms with Crippen molar-refractivity contribution in [2.75, 3.05) is 7.05 Å². The highest BCUT2D eigenvalue weighted by atomic mass is 35.5. The third kappa shape index (κ3) is 3.25. The molecule has 1 rings (SSSR count). The molecule has 0 heterocycles. The third-order valence-electron chi connectivity index (χ3n) is 1.84. The molecule has 0 fully saturated rings. The fraction of sp³-hybridized carbons (Fsp3) is 0.200. The lowest BCUT2D eigenvalue weighted by molar-refractivity contribution is -0.155. The van der Waals surface area contributed by atoms with Gasteiger partial charge >= 0.3 is 11.9 Å². The van der Waals surface area contributed by atoms with Gasteiger partial charge in [0.05, 0.1) is 0 Å². The van der Waals surface area contributed by atoms with Crippen molar-refractivity contribution in [3.63, 3.8) is 0 Å². The Kier molecular flexibility index (Phi) is 3.68. The van der Waals surface area contributed by atoms with E-state index < -0.39 is 11.9 Å². The number of carbonyl (C=O) groups excluding carboxylic acids is 1. The topological polar surface area (TPSA) is 57.6 Å². The van der Waals surface area contributed by atoms with E-state index in [9.17, 15) is 9.59 Å². The van der Waals surface area contributed by atoms with Crippen LogP contribution in [0.2, 0.25) is 5.02 Å². The third-order valence-corrected chi connectivity index (χ3v) is 2.07. The zero-order chi connectivity index (χ0) is 11.4. The summed E-state index contributed by atoms with van der Waals surface area (Å²) >= 11 is 5.75. The number of carboxylic acid groups (broad SMARTS) is 1. The Bertz CT molecular complexity index is 392. The van der Waals surface area contributed by atoms with Crippen molar-refractivity contribution >= 4 is 23.5 Å². The lowest BCUT2D eigenvalue weighted by atomic mass is 10.2. The quantitative estimate of drug-likeness (QED) is 0.777. The zero-order valence-corrected chi connectivity index (χ0v) is 8.86. The Labute approximate surface area is 92.1 Å². The highest BCUT2D eigenvalue weighted by molar-refractivity contribution is 6.31. The van der Waals surface area contributed by atoms with Crippen molar-refractivity contribution < 1.29 is 14.7 Å². The molecule has 0 aliphatic heterocycles. The van der Waals surface area contributed by atoms with Crippen molar-refractivity contribution in [3.05, 3.63) is 34.9 Å². The van der Waals surface area contributed by atoms with Gasteiger partial charge in [-0.25, -0.2) is 4.79 Å². The molecule has 0 bridgehead atoms. The first-order chi connectivity index (χ1) is 7.00. The van der Waals surface area contributed by atoms with Gasteiger partial charge < -0.3 is 10.0 Å². The number of hydrogen-bond acceptors (Lipinski definition) is 2. The number of aliphatic carboxylic acids is 1. The van der Waals surface area contributed by atoms with Gasteiger partial charge in [0.15, 0.2) is 0 Å². The van der Waals surface area contributed by atoms with Gasteiger partial charge in [0.2, 0.25) is 0 Å². The summed E-state index contributed by atoms with van der Waals surface area (Å²) in [6.07, 6.45) is 0. The zero-order valence-electron chi connectivity index (χ0n) is 8.11. The number of halogens is 1. The predicted molar refractivity (Wildman–Crippen MR) is 55.6 cm³/mol. The van der Waals surface area contributed by atoms with Crippen LogP contribution in [0.4, 0.5) is 0 Å². The Morgan fingerprint density at radius 3 is 2.67 bits per heavy atom. The molecule has 0 aliphatic carbocycles. The average Bonchev–Trinajstić information content (AvgIpc) is 2.16. The van der Waals surface area contributed by atoms with Crippen molar-refractivity contribution in [2.45, 2.75) is 6.54 Å². The minimum absolute atomic E-state index is 0.228. The van der Waals surface area contributed by atoms with Crippen LogP contribution >= 0.6 is 11.6 Å². The number of likely N-dealkylation sites (N-methyl/N-ethyl adjacent to an activating group) is 1. The Morgan fingerprint density at radius 2 is 2.13 bits per heavy atom. The second-order valence-corrected chi connectivity index (χ2v) is 3.53. The van der Waals surface area contributed by atoms with E-state index in [-0.39, 0.29) is 6.54 Å². The van der Waals surface area contributed by atoms with Gasteiger partial charge in [-0.3, -0.25) is 4.79 Å². The SMILES string of the molecule is CN(Cc1cccc(Cl)c1)C(=O)C(=O)O. The van der Waals surface area contributed by atoms with Crippen LogP contribution < -0.4 is 0 Å². The van der Waals surface area contributed by atoms with Crippen LogP contribution in [0.1, 0.15) is 5.56 Å². The highest BCUT2D eigenvalue weighted by Crippen LogP contribution is 2.12. The predicted octanol–water partition coefficient (Wildman–Crippen LogP) is 1.38. The maximum atomic E-state index is 11.0. The molecule has 0 saturated carbocycles. The second-order valence-electron chi connectivity index (χ2n) is 3.10. The minimum atomic E-state index is -1.46. The standard InChI is InChI=1S/C10H10ClNO3/c1-12(9(13)10(14)15)6-7-3-2-4-8(11)5-7/h2-5H,6H2,1H3,(H,14,15). The van der Waals surface area contributed by atoms with E-state index in [1.54, 1.807) is 24.3 Å². The lowest BCUT2D eigenvalue weighted by Gasteiger charge is -2.14. The van der Waals surface area contributed by atoms with Gasteiger partial charge in [0.1, 0.15) is 0 Å². The number of carboxylic acids is 1. The molecule has 0 aliphatic rings. The fourth-order valence-electron chi connectivity index (χ4n) is 1.14. The highest BCUT2D eigenvalue weighted by Gasteiger charge is 2.16. The Morgan fingerprint density at radius 1 is 1.47 bits per heavy atom. The number of benzene rings is 1. The largest absolute Gasteiger partial charge is 0.474 e. The first kappa shape index (κ1) is 11.5. The van der Waals surface area contributed by atoms with E-state index in [0.717, 1.165) is 10.5 Å². The number of hydrogen-bond donors (Lipinski definition) is 1. The Balaban J connectivity index is 2.70. The first-order valence-corrected chi connectivity index (χ1v) is 4.61. The van der Waals surface area contributed by atoms with E-state index in [2.05, 4.69) is 0 Å². The van der Waals surface area contributed by atoms with Crippen molar-refractivity contribution in [1.29, 1.82) is 0 Å². The molecule has 1 N–H and O–H groups in total. The van der Waals surface area contributed by atoms with E-state index in [0.29, 0.717) is 5.02 Å². The fourth-order valence-corrected chi connectivity index (χ4v) is 1.36. The maximum Gasteiger partial charge on any atom is 0.394 e. The van der Waals surface area contributed by atoms with E-state index in [1.165, 1.54) is 7.05 Å². The van der Waals surface area contributed by atoms with Gasteiger partial charge in [-0.05, 0) is 17.7 Å². The molecule has 0 aromatic heterocycles. The van der Waals surface area contributed by atoms with E-state index in [1.807, 2.05) is 0 Å². The van der Waals surface area contributed by atoms with Gasteiger partial charge in [-0.2, -0.15) is 0 Å². The van der Waals surface area contributed by atoms with Crippen molar-refractivity contribution in [1.82, 2.24) is 4.90 Å². The minimum Gasteiger partial charge on any atom is -0.474 e. The second kappa shape index (κ2) is 4.79. The van der Waals surface area contributed by atoms with Crippen LogP contribution in [-0.4, -0.2) is 28.9 Å². The summed E-state index contributed by atoms with van der Waals surface area (Å²) in [7, 11) is 1.43. The monoisotopic (exact) mass is 227 g/mol. The summed E-state index contributed by atoms with van der Waals surface area (Å²) in [5.74, 6) is -2.39. The molecule has 5 heteroatoms. The van der Waals surface area contributed by atoms with Crippen LogP contribution in [0.5, 0.6) is 0 Å². The number of nitrogens with zero attached hydrogens (tertiary/aromatic N) is 1. The van der Waals surface area contributed by atoms with Crippen LogP contribution in [0.15, 0.2) is 24.3 Å². The van der Waals surface area contributed by atoms with Crippen molar-refractivity contribution in [3.8, 4) is 0 Å². The lowest BCUT2D eigenvalue weighted by Crippen LogP contribution is -2.32. The van der Waals surface area contributed by atoms with Crippen LogP contribution in [0.3, 0.4) is 0 Å². The summed E-state index contributed by atoms with van der Waals surface area (Å²) in [5.41, 5.74) is 0.791. The summed E-state index contributed by atoms with van der Waals surface area (Å²) in [4.78, 5) is 22.5. The first-order valence-electron chi connectivity index (χ1n) is 4.23. The molecule has 80 valence electrons. The van der Waals surface area contributed by atoms with E-state index >= 15 is 0 Å². The summed E-state index contributed by atoms with van der Waals surface area (Å²) < 4.78 is 0. The molecule has 1 aromatic rings. The van der Waals surface area contributed by atoms with Gasteiger partial charge in [0.25, 0.3) is 0 Å². The number of amides is 1. The number of rotatable bonds is 2. The average molecular weight is 228 g/mol. The number of carbonyl (C=O) groups is 2. The molecule has 0 saturated heterocycles.